The van der Waals surface area contributed by atoms with Gasteiger partial charge in [0.15, 0.2) is 0 Å². The molecule has 0 saturated heterocycles. The third-order valence-corrected chi connectivity index (χ3v) is 4.77. The second-order valence-electron chi connectivity index (χ2n) is 4.87. The summed E-state index contributed by atoms with van der Waals surface area (Å²) in [4.78, 5) is 0. The average molecular weight is 350 g/mol. The summed E-state index contributed by atoms with van der Waals surface area (Å²) in [6, 6.07) is 4.04. The normalized spacial score (nSPS) is 13.9. The molecule has 0 heterocycles. The van der Waals surface area contributed by atoms with Crippen LogP contribution in [0.4, 0.5) is 0 Å². The summed E-state index contributed by atoms with van der Waals surface area (Å²) in [5.74, 6) is 0. The van der Waals surface area contributed by atoms with Gasteiger partial charge in [-0.2, -0.15) is 0 Å². The van der Waals surface area contributed by atoms with Crippen molar-refractivity contribution < 1.29 is 5.11 Å². The fraction of sp³-hybridized carbons (Fsp3) is 0.538. The minimum Gasteiger partial charge on any atom is -0.388 e. The van der Waals surface area contributed by atoms with E-state index in [-0.39, 0.29) is 5.41 Å². The Morgan fingerprint density at radius 2 is 1.81 bits per heavy atom. The van der Waals surface area contributed by atoms with E-state index < -0.39 is 6.10 Å². The number of aliphatic hydroxyl groups excluding tert-OH is 1. The molecule has 0 bridgehead atoms. The Hall–Kier alpha value is 0.140. The zero-order valence-electron chi connectivity index (χ0n) is 10.1. The van der Waals surface area contributed by atoms with Crippen LogP contribution in [0.3, 0.4) is 0 Å². The molecule has 1 nitrogen and oxygen atoms in total. The Kier molecular flexibility index (Phi) is 4.61. The predicted molar refractivity (Wildman–Crippen MR) is 75.6 cm³/mol. The highest BCUT2D eigenvalue weighted by Gasteiger charge is 2.28. The summed E-state index contributed by atoms with van der Waals surface area (Å²) in [6.07, 6.45) is 0.482. The van der Waals surface area contributed by atoms with Crippen LogP contribution >= 0.6 is 31.9 Å². The van der Waals surface area contributed by atoms with E-state index in [9.17, 15) is 5.11 Å². The van der Waals surface area contributed by atoms with Crippen LogP contribution in [0.25, 0.3) is 0 Å². The number of rotatable bonds is 3. The quantitative estimate of drug-likeness (QED) is 0.814. The molecule has 0 aliphatic carbocycles. The highest BCUT2D eigenvalue weighted by molar-refractivity contribution is 9.11. The van der Waals surface area contributed by atoms with Crippen LogP contribution in [0.2, 0.25) is 0 Å². The first-order valence-electron chi connectivity index (χ1n) is 5.43. The van der Waals surface area contributed by atoms with Crippen LogP contribution in [0, 0.1) is 12.3 Å². The smallest absolute Gasteiger partial charge is 0.0852 e. The van der Waals surface area contributed by atoms with Crippen LogP contribution in [-0.4, -0.2) is 5.11 Å². The molecule has 1 N–H and O–H groups in total. The summed E-state index contributed by atoms with van der Waals surface area (Å²) in [6.45, 7) is 8.30. The second-order valence-corrected chi connectivity index (χ2v) is 6.58. The molecule has 0 radical (unpaired) electrons. The van der Waals surface area contributed by atoms with Crippen molar-refractivity contribution >= 4 is 31.9 Å². The molecule has 1 aromatic rings. The molecule has 0 aromatic heterocycles. The zero-order valence-corrected chi connectivity index (χ0v) is 13.3. The van der Waals surface area contributed by atoms with Gasteiger partial charge >= 0.3 is 0 Å². The summed E-state index contributed by atoms with van der Waals surface area (Å²) in [5.41, 5.74) is 2.00. The lowest BCUT2D eigenvalue weighted by atomic mass is 9.80. The van der Waals surface area contributed by atoms with Crippen molar-refractivity contribution in [2.45, 2.75) is 40.2 Å². The van der Waals surface area contributed by atoms with Gasteiger partial charge < -0.3 is 5.11 Å². The van der Waals surface area contributed by atoms with E-state index in [1.54, 1.807) is 0 Å². The highest BCUT2D eigenvalue weighted by Crippen LogP contribution is 2.40. The molecule has 0 saturated carbocycles. The molecule has 3 heteroatoms. The van der Waals surface area contributed by atoms with Crippen LogP contribution < -0.4 is 0 Å². The maximum Gasteiger partial charge on any atom is 0.0852 e. The average Bonchev–Trinajstić information content (AvgIpc) is 2.22. The van der Waals surface area contributed by atoms with Gasteiger partial charge in [0.25, 0.3) is 0 Å². The fourth-order valence-corrected chi connectivity index (χ4v) is 2.52. The van der Waals surface area contributed by atoms with Crippen LogP contribution in [0.5, 0.6) is 0 Å². The first kappa shape index (κ1) is 14.2. The highest BCUT2D eigenvalue weighted by atomic mass is 79.9. The largest absolute Gasteiger partial charge is 0.388 e. The van der Waals surface area contributed by atoms with E-state index in [1.807, 2.05) is 19.1 Å². The lowest BCUT2D eigenvalue weighted by Crippen LogP contribution is -2.21. The lowest BCUT2D eigenvalue weighted by molar-refractivity contribution is 0.0459. The van der Waals surface area contributed by atoms with E-state index >= 15 is 0 Å². The standard InChI is InChI=1S/C13H18Br2O/c1-5-13(3,4)12(16)9-7-10(14)8(2)6-11(9)15/h6-7,12,16H,5H2,1-4H3. The second kappa shape index (κ2) is 5.19. The van der Waals surface area contributed by atoms with Crippen LogP contribution in [0.1, 0.15) is 44.4 Å². The van der Waals surface area contributed by atoms with Gasteiger partial charge in [0.1, 0.15) is 0 Å². The first-order chi connectivity index (χ1) is 7.29. The topological polar surface area (TPSA) is 20.2 Å². The maximum absolute atomic E-state index is 10.4. The Labute approximate surface area is 115 Å². The Morgan fingerprint density at radius 3 is 2.31 bits per heavy atom. The maximum atomic E-state index is 10.4. The third kappa shape index (κ3) is 2.88. The molecule has 16 heavy (non-hydrogen) atoms. The van der Waals surface area contributed by atoms with Gasteiger partial charge in [0.2, 0.25) is 0 Å². The molecule has 0 fully saturated rings. The van der Waals surface area contributed by atoms with Crippen LogP contribution in [0.15, 0.2) is 21.1 Å². The van der Waals surface area contributed by atoms with E-state index in [0.29, 0.717) is 0 Å². The summed E-state index contributed by atoms with van der Waals surface area (Å²) in [5, 5.41) is 10.4. The van der Waals surface area contributed by atoms with E-state index in [1.165, 1.54) is 0 Å². The molecule has 1 rings (SSSR count). The summed E-state index contributed by atoms with van der Waals surface area (Å²) < 4.78 is 2.01. The lowest BCUT2D eigenvalue weighted by Gasteiger charge is -2.30. The first-order valence-corrected chi connectivity index (χ1v) is 7.01. The van der Waals surface area contributed by atoms with Gasteiger partial charge in [0.05, 0.1) is 6.10 Å². The zero-order chi connectivity index (χ0) is 12.5. The fourth-order valence-electron chi connectivity index (χ4n) is 1.49. The Bertz CT molecular complexity index is 386. The number of hydrogen-bond acceptors (Lipinski definition) is 1. The van der Waals surface area contributed by atoms with Crippen molar-refractivity contribution in [3.8, 4) is 0 Å². The molecular weight excluding hydrogens is 332 g/mol. The molecule has 0 aliphatic rings. The summed E-state index contributed by atoms with van der Waals surface area (Å²) in [7, 11) is 0. The van der Waals surface area contributed by atoms with Gasteiger partial charge in [-0.1, -0.05) is 52.6 Å². The number of aryl methyl sites for hydroxylation is 1. The molecule has 90 valence electrons. The molecule has 0 aliphatic heterocycles. The third-order valence-electron chi connectivity index (χ3n) is 3.22. The van der Waals surface area contributed by atoms with Gasteiger partial charge in [-0.3, -0.25) is 0 Å². The minimum absolute atomic E-state index is 0.114. The molecule has 0 amide bonds. The van der Waals surface area contributed by atoms with Gasteiger partial charge in [-0.05, 0) is 42.0 Å². The van der Waals surface area contributed by atoms with Gasteiger partial charge in [-0.25, -0.2) is 0 Å². The molecule has 1 unspecified atom stereocenters. The monoisotopic (exact) mass is 348 g/mol. The molecule has 0 spiro atoms. The molecule has 1 atom stereocenters. The molecular formula is C13H18Br2O. The number of hydrogen-bond donors (Lipinski definition) is 1. The van der Waals surface area contributed by atoms with Crippen molar-refractivity contribution in [3.63, 3.8) is 0 Å². The van der Waals surface area contributed by atoms with Crippen LogP contribution in [-0.2, 0) is 0 Å². The van der Waals surface area contributed by atoms with E-state index in [0.717, 1.165) is 26.5 Å². The van der Waals surface area contributed by atoms with Crippen molar-refractivity contribution in [1.29, 1.82) is 0 Å². The van der Waals surface area contributed by atoms with E-state index in [4.69, 9.17) is 0 Å². The SMILES string of the molecule is CCC(C)(C)C(O)c1cc(Br)c(C)cc1Br. The summed E-state index contributed by atoms with van der Waals surface area (Å²) >= 11 is 7.03. The van der Waals surface area contributed by atoms with Gasteiger partial charge in [-0.15, -0.1) is 0 Å². The van der Waals surface area contributed by atoms with Crippen molar-refractivity contribution in [3.05, 3.63) is 32.2 Å². The predicted octanol–water partition coefficient (Wildman–Crippen LogP) is 4.99. The Balaban J connectivity index is 3.19. The Morgan fingerprint density at radius 1 is 1.25 bits per heavy atom. The van der Waals surface area contributed by atoms with E-state index in [2.05, 4.69) is 52.6 Å². The van der Waals surface area contributed by atoms with Gasteiger partial charge in [0, 0.05) is 8.95 Å². The number of halogens is 2. The number of benzene rings is 1. The number of aliphatic hydroxyl groups is 1. The molecule has 1 aromatic carbocycles. The van der Waals surface area contributed by atoms with Crippen molar-refractivity contribution in [1.82, 2.24) is 0 Å². The van der Waals surface area contributed by atoms with Crippen molar-refractivity contribution in [2.75, 3.05) is 0 Å². The minimum atomic E-state index is -0.455. The van der Waals surface area contributed by atoms with Crippen molar-refractivity contribution in [2.24, 2.45) is 5.41 Å².